The van der Waals surface area contributed by atoms with Gasteiger partial charge in [0, 0.05) is 19.1 Å². The summed E-state index contributed by atoms with van der Waals surface area (Å²) in [4.78, 5) is 0. The van der Waals surface area contributed by atoms with Gasteiger partial charge >= 0.3 is 0 Å². The van der Waals surface area contributed by atoms with Gasteiger partial charge in [-0.2, -0.15) is 0 Å². The molecule has 1 atom stereocenters. The second-order valence-corrected chi connectivity index (χ2v) is 3.62. The fraction of sp³-hybridized carbons (Fsp3) is 0.667. The zero-order valence-electron chi connectivity index (χ0n) is 8.45. The van der Waals surface area contributed by atoms with Gasteiger partial charge in [0.1, 0.15) is 0 Å². The van der Waals surface area contributed by atoms with Crippen molar-refractivity contribution < 1.29 is 4.74 Å². The van der Waals surface area contributed by atoms with Crippen LogP contribution in [0.5, 0.6) is 0 Å². The first kappa shape index (κ1) is 11.4. The maximum Gasteiger partial charge on any atom is 0.181 e. The van der Waals surface area contributed by atoms with E-state index in [1.807, 2.05) is 13.0 Å². The largest absolute Gasteiger partial charge is 0.379 e. The lowest BCUT2D eigenvalue weighted by molar-refractivity contribution is 0.0246. The van der Waals surface area contributed by atoms with Crippen molar-refractivity contribution in [2.75, 3.05) is 26.3 Å². The van der Waals surface area contributed by atoms with Crippen molar-refractivity contribution in [1.29, 1.82) is 0 Å². The summed E-state index contributed by atoms with van der Waals surface area (Å²) in [5.74, 6) is 0. The number of hydrogen-bond donors (Lipinski definition) is 2. The smallest absolute Gasteiger partial charge is 0.181 e. The quantitative estimate of drug-likeness (QED) is 0.522. The molecule has 4 nitrogen and oxygen atoms in total. The first-order chi connectivity index (χ1) is 6.72. The van der Waals surface area contributed by atoms with Gasteiger partial charge in [-0.3, -0.25) is 5.43 Å². The molecule has 0 aromatic heterocycles. The number of rotatable bonds is 3. The lowest BCUT2D eigenvalue weighted by atomic mass is 10.3. The molecular formula is C9H17N3OS. The van der Waals surface area contributed by atoms with Crippen molar-refractivity contribution in [2.24, 2.45) is 0 Å². The maximum absolute atomic E-state index is 5.22. The number of morpholine rings is 1. The molecule has 0 bridgehead atoms. The molecule has 14 heavy (non-hydrogen) atoms. The van der Waals surface area contributed by atoms with Crippen LogP contribution in [-0.4, -0.2) is 42.5 Å². The average molecular weight is 215 g/mol. The lowest BCUT2D eigenvalue weighted by Gasteiger charge is -2.28. The summed E-state index contributed by atoms with van der Waals surface area (Å²) in [5, 5.41) is 5.79. The van der Waals surface area contributed by atoms with Crippen LogP contribution in [0.2, 0.25) is 0 Å². The Bertz CT molecular complexity index is 204. The van der Waals surface area contributed by atoms with E-state index < -0.39 is 0 Å². The van der Waals surface area contributed by atoms with Crippen LogP contribution in [0.1, 0.15) is 6.92 Å². The number of hydrogen-bond acceptors (Lipinski definition) is 3. The molecule has 0 saturated carbocycles. The number of hydrazine groups is 1. The molecule has 1 fully saturated rings. The fourth-order valence-electron chi connectivity index (χ4n) is 1.12. The lowest BCUT2D eigenvalue weighted by Crippen LogP contribution is -2.52. The highest BCUT2D eigenvalue weighted by atomic mass is 32.1. The van der Waals surface area contributed by atoms with Crippen molar-refractivity contribution in [2.45, 2.75) is 13.0 Å². The molecule has 80 valence electrons. The average Bonchev–Trinajstić information content (AvgIpc) is 2.19. The highest BCUT2D eigenvalue weighted by Crippen LogP contribution is 1.92. The second kappa shape index (κ2) is 5.95. The van der Waals surface area contributed by atoms with Gasteiger partial charge in [0.2, 0.25) is 0 Å². The van der Waals surface area contributed by atoms with Crippen molar-refractivity contribution in [3.05, 3.63) is 12.7 Å². The first-order valence-corrected chi connectivity index (χ1v) is 5.15. The predicted molar refractivity (Wildman–Crippen MR) is 60.9 cm³/mol. The summed E-state index contributed by atoms with van der Waals surface area (Å²) in [7, 11) is 0. The highest BCUT2D eigenvalue weighted by Gasteiger charge is 2.11. The summed E-state index contributed by atoms with van der Waals surface area (Å²) >= 11 is 5.12. The maximum atomic E-state index is 5.22. The van der Waals surface area contributed by atoms with Gasteiger partial charge in [-0.1, -0.05) is 6.08 Å². The van der Waals surface area contributed by atoms with Gasteiger partial charge < -0.3 is 10.1 Å². The minimum absolute atomic E-state index is 0.191. The van der Waals surface area contributed by atoms with Crippen LogP contribution in [0, 0.1) is 0 Å². The van der Waals surface area contributed by atoms with Gasteiger partial charge in [-0.25, -0.2) is 5.01 Å². The van der Waals surface area contributed by atoms with Crippen LogP contribution in [0.3, 0.4) is 0 Å². The van der Waals surface area contributed by atoms with Crippen LogP contribution in [0.15, 0.2) is 12.7 Å². The number of nitrogens with zero attached hydrogens (tertiary/aromatic N) is 1. The van der Waals surface area contributed by atoms with Crippen molar-refractivity contribution >= 4 is 17.3 Å². The minimum Gasteiger partial charge on any atom is -0.379 e. The molecule has 0 amide bonds. The van der Waals surface area contributed by atoms with E-state index in [1.165, 1.54) is 0 Å². The SMILES string of the molecule is C=C[C@H](C)NC(=S)NN1CCOCC1. The fourth-order valence-corrected chi connectivity index (χ4v) is 1.43. The Labute approximate surface area is 90.3 Å². The molecule has 1 aliphatic rings. The van der Waals surface area contributed by atoms with E-state index in [2.05, 4.69) is 22.3 Å². The topological polar surface area (TPSA) is 36.5 Å². The molecule has 0 unspecified atom stereocenters. The molecular weight excluding hydrogens is 198 g/mol. The Morgan fingerprint density at radius 2 is 2.21 bits per heavy atom. The van der Waals surface area contributed by atoms with Gasteiger partial charge in [-0.15, -0.1) is 6.58 Å². The molecule has 2 N–H and O–H groups in total. The molecule has 1 rings (SSSR count). The summed E-state index contributed by atoms with van der Waals surface area (Å²) in [6.45, 7) is 8.92. The monoisotopic (exact) mass is 215 g/mol. The van der Waals surface area contributed by atoms with Crippen molar-refractivity contribution in [1.82, 2.24) is 15.8 Å². The van der Waals surface area contributed by atoms with Gasteiger partial charge in [0.15, 0.2) is 5.11 Å². The third-order valence-corrected chi connectivity index (χ3v) is 2.19. The van der Waals surface area contributed by atoms with Crippen LogP contribution in [-0.2, 0) is 4.74 Å². The van der Waals surface area contributed by atoms with Gasteiger partial charge in [-0.05, 0) is 19.1 Å². The Morgan fingerprint density at radius 1 is 1.57 bits per heavy atom. The third-order valence-electron chi connectivity index (χ3n) is 1.98. The summed E-state index contributed by atoms with van der Waals surface area (Å²) in [6.07, 6.45) is 1.81. The van der Waals surface area contributed by atoms with Crippen molar-refractivity contribution in [3.8, 4) is 0 Å². The second-order valence-electron chi connectivity index (χ2n) is 3.21. The van der Waals surface area contributed by atoms with E-state index in [-0.39, 0.29) is 6.04 Å². The van der Waals surface area contributed by atoms with E-state index in [0.717, 1.165) is 26.3 Å². The Kier molecular flexibility index (Phi) is 4.86. The minimum atomic E-state index is 0.191. The van der Waals surface area contributed by atoms with E-state index in [9.17, 15) is 0 Å². The Balaban J connectivity index is 2.21. The third kappa shape index (κ3) is 4.04. The van der Waals surface area contributed by atoms with Crippen LogP contribution >= 0.6 is 12.2 Å². The molecule has 5 heteroatoms. The molecule has 1 saturated heterocycles. The summed E-state index contributed by atoms with van der Waals surface area (Å²) < 4.78 is 5.22. The zero-order chi connectivity index (χ0) is 10.4. The molecule has 1 heterocycles. The van der Waals surface area contributed by atoms with Crippen LogP contribution in [0.25, 0.3) is 0 Å². The Morgan fingerprint density at radius 3 is 2.79 bits per heavy atom. The zero-order valence-corrected chi connectivity index (χ0v) is 9.27. The molecule has 0 spiro atoms. The standard InChI is InChI=1S/C9H17N3OS/c1-3-8(2)10-9(14)11-12-4-6-13-7-5-12/h3,8H,1,4-7H2,2H3,(H2,10,11,14)/t8-/m0/s1. The summed E-state index contributed by atoms with van der Waals surface area (Å²) in [5.41, 5.74) is 3.11. The highest BCUT2D eigenvalue weighted by molar-refractivity contribution is 7.80. The van der Waals surface area contributed by atoms with Crippen molar-refractivity contribution in [3.63, 3.8) is 0 Å². The van der Waals surface area contributed by atoms with Gasteiger partial charge in [0.25, 0.3) is 0 Å². The molecule has 0 aromatic rings. The number of thiocarbonyl (C=S) groups is 1. The predicted octanol–water partition coefficient (Wildman–Crippen LogP) is 0.272. The molecule has 0 aliphatic carbocycles. The molecule has 0 aromatic carbocycles. The number of ether oxygens (including phenoxy) is 1. The molecule has 1 aliphatic heterocycles. The van der Waals surface area contributed by atoms with Gasteiger partial charge in [0.05, 0.1) is 13.2 Å². The van der Waals surface area contributed by atoms with Crippen LogP contribution in [0.4, 0.5) is 0 Å². The van der Waals surface area contributed by atoms with E-state index >= 15 is 0 Å². The molecule has 0 radical (unpaired) electrons. The number of nitrogens with one attached hydrogen (secondary N) is 2. The summed E-state index contributed by atoms with van der Waals surface area (Å²) in [6, 6.07) is 0.191. The van der Waals surface area contributed by atoms with Crippen LogP contribution < -0.4 is 10.7 Å². The van der Waals surface area contributed by atoms with E-state index in [1.54, 1.807) is 0 Å². The van der Waals surface area contributed by atoms with E-state index in [4.69, 9.17) is 17.0 Å². The van der Waals surface area contributed by atoms with E-state index in [0.29, 0.717) is 5.11 Å². The first-order valence-electron chi connectivity index (χ1n) is 4.75. The normalized spacial score (nSPS) is 19.8. The Hall–Kier alpha value is -0.650.